The number of benzene rings is 1. The van der Waals surface area contributed by atoms with Crippen molar-refractivity contribution in [3.8, 4) is 11.5 Å². The highest BCUT2D eigenvalue weighted by Gasteiger charge is 2.36. The molecule has 1 aliphatic rings. The van der Waals surface area contributed by atoms with E-state index in [0.717, 1.165) is 49.5 Å². The molecule has 1 heterocycles. The van der Waals surface area contributed by atoms with Crippen molar-refractivity contribution >= 4 is 0 Å². The average Bonchev–Trinajstić information content (AvgIpc) is 2.47. The number of ether oxygens (including phenoxy) is 2. The topological polar surface area (TPSA) is 41.9 Å². The zero-order valence-electron chi connectivity index (χ0n) is 12.0. The summed E-state index contributed by atoms with van der Waals surface area (Å²) in [6, 6.07) is 5.60. The van der Waals surface area contributed by atoms with Crippen LogP contribution in [0.15, 0.2) is 18.2 Å². The molecule has 0 bridgehead atoms. The maximum atomic E-state index is 10.9. The fourth-order valence-corrected chi connectivity index (χ4v) is 2.69. The van der Waals surface area contributed by atoms with E-state index in [2.05, 4.69) is 11.8 Å². The van der Waals surface area contributed by atoms with Crippen LogP contribution in [0, 0.1) is 0 Å². The Kier molecular flexibility index (Phi) is 4.32. The molecule has 1 fully saturated rings. The summed E-state index contributed by atoms with van der Waals surface area (Å²) in [5.41, 5.74) is 0.0241. The van der Waals surface area contributed by atoms with Crippen molar-refractivity contribution in [1.29, 1.82) is 0 Å². The van der Waals surface area contributed by atoms with E-state index in [1.54, 1.807) is 14.2 Å². The van der Waals surface area contributed by atoms with E-state index in [1.165, 1.54) is 0 Å². The molecule has 4 heteroatoms. The maximum absolute atomic E-state index is 10.9. The van der Waals surface area contributed by atoms with Crippen LogP contribution in [0.3, 0.4) is 0 Å². The SMILES string of the molecule is CCN1CCC(O)(c2cc(OC)ccc2OC)CC1. The van der Waals surface area contributed by atoms with Crippen molar-refractivity contribution in [1.82, 2.24) is 4.90 Å². The highest BCUT2D eigenvalue weighted by atomic mass is 16.5. The van der Waals surface area contributed by atoms with E-state index in [0.29, 0.717) is 0 Å². The van der Waals surface area contributed by atoms with Crippen molar-refractivity contribution in [2.24, 2.45) is 0 Å². The van der Waals surface area contributed by atoms with Crippen molar-refractivity contribution in [2.45, 2.75) is 25.4 Å². The monoisotopic (exact) mass is 265 g/mol. The fraction of sp³-hybridized carbons (Fsp3) is 0.600. The van der Waals surface area contributed by atoms with Gasteiger partial charge in [0.05, 0.1) is 19.8 Å². The van der Waals surface area contributed by atoms with Gasteiger partial charge in [-0.05, 0) is 37.6 Å². The zero-order chi connectivity index (χ0) is 13.9. The Morgan fingerprint density at radius 2 is 1.89 bits per heavy atom. The van der Waals surface area contributed by atoms with Crippen molar-refractivity contribution in [3.05, 3.63) is 23.8 Å². The minimum atomic E-state index is -0.814. The van der Waals surface area contributed by atoms with Gasteiger partial charge in [-0.1, -0.05) is 6.92 Å². The quantitative estimate of drug-likeness (QED) is 0.904. The number of piperidine rings is 1. The molecular weight excluding hydrogens is 242 g/mol. The number of likely N-dealkylation sites (tertiary alicyclic amines) is 1. The van der Waals surface area contributed by atoms with Gasteiger partial charge >= 0.3 is 0 Å². The third-order valence-electron chi connectivity index (χ3n) is 4.04. The second-order valence-corrected chi connectivity index (χ2v) is 5.03. The van der Waals surface area contributed by atoms with Gasteiger partial charge in [-0.2, -0.15) is 0 Å². The van der Waals surface area contributed by atoms with E-state index < -0.39 is 5.60 Å². The number of rotatable bonds is 4. The summed E-state index contributed by atoms with van der Waals surface area (Å²) in [5.74, 6) is 1.48. The Hall–Kier alpha value is -1.26. The second-order valence-electron chi connectivity index (χ2n) is 5.03. The summed E-state index contributed by atoms with van der Waals surface area (Å²) in [6.07, 6.45) is 1.45. The first-order chi connectivity index (χ1) is 9.12. The molecule has 0 aliphatic carbocycles. The Labute approximate surface area is 114 Å². The Morgan fingerprint density at radius 1 is 1.21 bits per heavy atom. The molecule has 4 nitrogen and oxygen atoms in total. The van der Waals surface area contributed by atoms with E-state index in [1.807, 2.05) is 18.2 Å². The third kappa shape index (κ3) is 2.85. The molecule has 1 N–H and O–H groups in total. The largest absolute Gasteiger partial charge is 0.497 e. The minimum Gasteiger partial charge on any atom is -0.497 e. The van der Waals surface area contributed by atoms with E-state index >= 15 is 0 Å². The molecule has 0 amide bonds. The summed E-state index contributed by atoms with van der Waals surface area (Å²) < 4.78 is 10.6. The molecule has 106 valence electrons. The van der Waals surface area contributed by atoms with Crippen molar-refractivity contribution < 1.29 is 14.6 Å². The van der Waals surface area contributed by atoms with Crippen molar-refractivity contribution in [2.75, 3.05) is 33.9 Å². The van der Waals surface area contributed by atoms with Gasteiger partial charge in [0.15, 0.2) is 0 Å². The molecule has 1 saturated heterocycles. The summed E-state index contributed by atoms with van der Waals surface area (Å²) >= 11 is 0. The summed E-state index contributed by atoms with van der Waals surface area (Å²) in [5, 5.41) is 10.9. The lowest BCUT2D eigenvalue weighted by atomic mass is 9.83. The molecule has 0 radical (unpaired) electrons. The summed E-state index contributed by atoms with van der Waals surface area (Å²) in [4.78, 5) is 2.35. The fourth-order valence-electron chi connectivity index (χ4n) is 2.69. The first kappa shape index (κ1) is 14.2. The van der Waals surface area contributed by atoms with Crippen LogP contribution in [0.25, 0.3) is 0 Å². The maximum Gasteiger partial charge on any atom is 0.125 e. The second kappa shape index (κ2) is 5.80. The Bertz CT molecular complexity index is 425. The molecule has 0 saturated carbocycles. The Balaban J connectivity index is 2.29. The third-order valence-corrected chi connectivity index (χ3v) is 4.04. The molecule has 0 unspecified atom stereocenters. The van der Waals surface area contributed by atoms with Gasteiger partial charge < -0.3 is 19.5 Å². The van der Waals surface area contributed by atoms with Gasteiger partial charge in [0.25, 0.3) is 0 Å². The van der Waals surface area contributed by atoms with Gasteiger partial charge in [0.1, 0.15) is 11.5 Å². The molecular formula is C15H23NO3. The van der Waals surface area contributed by atoms with Crippen molar-refractivity contribution in [3.63, 3.8) is 0 Å². The van der Waals surface area contributed by atoms with Gasteiger partial charge in [0, 0.05) is 18.7 Å². The van der Waals surface area contributed by atoms with Gasteiger partial charge in [-0.15, -0.1) is 0 Å². The lowest BCUT2D eigenvalue weighted by Gasteiger charge is -2.38. The van der Waals surface area contributed by atoms with Crippen LogP contribution in [0.4, 0.5) is 0 Å². The van der Waals surface area contributed by atoms with Crippen LogP contribution in [0.1, 0.15) is 25.3 Å². The standard InChI is InChI=1S/C15H23NO3/c1-4-16-9-7-15(17,8-10-16)13-11-12(18-2)5-6-14(13)19-3/h5-6,11,17H,4,7-10H2,1-3H3. The van der Waals surface area contributed by atoms with E-state index in [-0.39, 0.29) is 0 Å². The first-order valence-electron chi connectivity index (χ1n) is 6.80. The molecule has 1 aromatic carbocycles. The normalized spacial score (nSPS) is 19.2. The first-order valence-corrected chi connectivity index (χ1v) is 6.80. The van der Waals surface area contributed by atoms with Crippen LogP contribution in [0.2, 0.25) is 0 Å². The van der Waals surface area contributed by atoms with Gasteiger partial charge in [-0.25, -0.2) is 0 Å². The van der Waals surface area contributed by atoms with Crippen LogP contribution < -0.4 is 9.47 Å². The number of hydrogen-bond donors (Lipinski definition) is 1. The molecule has 0 aromatic heterocycles. The van der Waals surface area contributed by atoms with Gasteiger partial charge in [-0.3, -0.25) is 0 Å². The van der Waals surface area contributed by atoms with E-state index in [4.69, 9.17) is 9.47 Å². The van der Waals surface area contributed by atoms with E-state index in [9.17, 15) is 5.11 Å². The average molecular weight is 265 g/mol. The molecule has 19 heavy (non-hydrogen) atoms. The lowest BCUT2D eigenvalue weighted by Crippen LogP contribution is -2.42. The Morgan fingerprint density at radius 3 is 2.42 bits per heavy atom. The van der Waals surface area contributed by atoms with Crippen LogP contribution >= 0.6 is 0 Å². The van der Waals surface area contributed by atoms with Crippen LogP contribution in [0.5, 0.6) is 11.5 Å². The van der Waals surface area contributed by atoms with Gasteiger partial charge in [0.2, 0.25) is 0 Å². The number of aliphatic hydroxyl groups is 1. The molecule has 2 rings (SSSR count). The molecule has 0 spiro atoms. The number of nitrogens with zero attached hydrogens (tertiary/aromatic N) is 1. The summed E-state index contributed by atoms with van der Waals surface area (Å²) in [7, 11) is 3.27. The van der Waals surface area contributed by atoms with Crippen LogP contribution in [-0.4, -0.2) is 43.9 Å². The molecule has 1 aliphatic heterocycles. The highest BCUT2D eigenvalue weighted by Crippen LogP contribution is 2.39. The lowest BCUT2D eigenvalue weighted by molar-refractivity contribution is -0.0263. The smallest absolute Gasteiger partial charge is 0.125 e. The molecule has 1 aromatic rings. The summed E-state index contributed by atoms with van der Waals surface area (Å²) in [6.45, 7) is 5.00. The zero-order valence-corrected chi connectivity index (χ0v) is 12.0. The number of methoxy groups -OCH3 is 2. The number of hydrogen-bond acceptors (Lipinski definition) is 4. The predicted octanol–water partition coefficient (Wildman–Crippen LogP) is 2.01. The minimum absolute atomic E-state index is 0.727. The van der Waals surface area contributed by atoms with Crippen LogP contribution in [-0.2, 0) is 5.60 Å². The predicted molar refractivity (Wildman–Crippen MR) is 74.8 cm³/mol. The molecule has 0 atom stereocenters. The highest BCUT2D eigenvalue weighted by molar-refractivity contribution is 5.44.